The van der Waals surface area contributed by atoms with Crippen LogP contribution < -0.4 is 0 Å². The van der Waals surface area contributed by atoms with Crippen molar-refractivity contribution in [1.29, 1.82) is 0 Å². The van der Waals surface area contributed by atoms with Crippen LogP contribution in [0.4, 0.5) is 0 Å². The van der Waals surface area contributed by atoms with Gasteiger partial charge in [-0.3, -0.25) is 36.7 Å². The first-order chi connectivity index (χ1) is 44.1. The molecule has 0 radical (unpaired) electrons. The Balaban J connectivity index is 1.43. The number of carbonyl (C=O) groups is 2. The molecule has 6 fully saturated rings. The number of aliphatic carboxylic acids is 1. The quantitative estimate of drug-likeness (QED) is 0.00715. The maximum Gasteiger partial charge on any atom is 0.397 e. The fourth-order valence-corrected chi connectivity index (χ4v) is 13.8. The minimum absolute atomic E-state index is 0.314. The van der Waals surface area contributed by atoms with E-state index in [9.17, 15) is 101 Å². The number of hydrogen-bond donors (Lipinski definition) is 8. The molecule has 5 aliphatic heterocycles. The van der Waals surface area contributed by atoms with Gasteiger partial charge in [-0.15, -0.1) is 4.33 Å². The van der Waals surface area contributed by atoms with Crippen molar-refractivity contribution in [3.8, 4) is 0 Å². The molecule has 0 bridgehead atoms. The highest BCUT2D eigenvalue weighted by Gasteiger charge is 2.80. The molecule has 6 rings (SSSR count). The van der Waals surface area contributed by atoms with Crippen molar-refractivity contribution in [2.45, 2.75) is 147 Å². The van der Waals surface area contributed by atoms with Gasteiger partial charge in [-0.2, -0.15) is 54.7 Å². The summed E-state index contributed by atoms with van der Waals surface area (Å²) in [5.74, 6) is -8.23. The third-order valence-electron chi connectivity index (χ3n) is 14.5. The van der Waals surface area contributed by atoms with E-state index in [2.05, 4.69) is 21.1 Å². The zero-order valence-electron chi connectivity index (χ0n) is 49.3. The van der Waals surface area contributed by atoms with Crippen molar-refractivity contribution in [3.63, 3.8) is 0 Å². The molecule has 15 unspecified atom stereocenters. The molecule has 556 valence electrons. The van der Waals surface area contributed by atoms with E-state index in [1.807, 2.05) is 0 Å². The molecule has 49 nitrogen and oxygen atoms in total. The van der Waals surface area contributed by atoms with Crippen LogP contribution in [0.5, 0.6) is 0 Å². The molecule has 5 heterocycles. The molecule has 1 aliphatic carbocycles. The highest BCUT2D eigenvalue weighted by atomic mass is 32.3. The average Bonchev–Trinajstić information content (AvgIpc) is 1.52. The Hall–Kier alpha value is -2.49. The Morgan fingerprint density at radius 1 is 0.432 bits per heavy atom. The highest BCUT2D eigenvalue weighted by molar-refractivity contribution is 7.82. The first-order valence-electron chi connectivity index (χ1n) is 25.8. The topological polar surface area (TPSA) is 658 Å². The fourth-order valence-electron chi connectivity index (χ4n) is 11.1. The van der Waals surface area contributed by atoms with Crippen LogP contribution in [-0.2, 0) is 203 Å². The number of hydrogen-bond acceptors (Lipinski definition) is 41. The molecule has 0 spiro atoms. The molecule has 0 amide bonds. The van der Waals surface area contributed by atoms with Crippen LogP contribution in [0.1, 0.15) is 0 Å². The van der Waals surface area contributed by atoms with Gasteiger partial charge in [-0.05, 0) is 0 Å². The van der Waals surface area contributed by atoms with Crippen LogP contribution >= 0.6 is 0 Å². The first kappa shape index (κ1) is 81.5. The van der Waals surface area contributed by atoms with Crippen LogP contribution in [0, 0.1) is 11.8 Å². The molecular formula is C39H64O49S7. The maximum absolute atomic E-state index is 13.3. The van der Waals surface area contributed by atoms with E-state index in [-0.39, 0.29) is 6.47 Å². The summed E-state index contributed by atoms with van der Waals surface area (Å²) in [4.78, 5) is 30.3. The third-order valence-corrected chi connectivity index (χ3v) is 17.4. The van der Waals surface area contributed by atoms with Crippen molar-refractivity contribution in [1.82, 2.24) is 0 Å². The Labute approximate surface area is 540 Å². The first-order valence-corrected chi connectivity index (χ1v) is 35.0. The standard InChI is InChI=1S/C39H64O49S7/c1-63-18-14(10-73-90(45,46)47)76-36(28(67-5)22(18)65-3)80-24-23(66-4)29(68-6)37(81-27(24)32(41)42)79-19-13(9-72-88-89(43)44)77-38(31(87-95(60,61)62)26(19)85-93(54,55)56)83-39(70-8)16-17(39)33(71-12-40)82-35(21(16)64-2)78-20-15(11-74-91(48,49)50)75-34(69-7)30(86-94(57,58)59)25(20)84-92(51,52)53/h12-31,33-38H,9-11H2,1-8H3,(H,41,42)(H,43,44)(H,45,46,47)(H,48,49,50)(H,51,52,53)(H,54,55,56)(H,57,58,59)(H,60,61,62)/t13?,14?,15?,16-,17-,18+,19+,20+,21?,22?,23?,24-,25?,26-,27?,28?,29?,30?,31?,33?,34-,35+,36+,37+,38-,39?/m0/s1. The summed E-state index contributed by atoms with van der Waals surface area (Å²) < 4.78 is 362. The van der Waals surface area contributed by atoms with Gasteiger partial charge in [-0.1, -0.05) is 0 Å². The van der Waals surface area contributed by atoms with Gasteiger partial charge in [0.05, 0.1) is 25.0 Å². The monoisotopic (exact) mass is 1540 g/mol. The lowest BCUT2D eigenvalue weighted by Crippen LogP contribution is -2.68. The van der Waals surface area contributed by atoms with Crippen LogP contribution in [0.15, 0.2) is 0 Å². The minimum atomic E-state index is -6.11. The van der Waals surface area contributed by atoms with E-state index in [1.165, 1.54) is 0 Å². The van der Waals surface area contributed by atoms with E-state index in [4.69, 9.17) is 98.5 Å². The lowest BCUT2D eigenvalue weighted by molar-refractivity contribution is -0.390. The number of methoxy groups -OCH3 is 8. The van der Waals surface area contributed by atoms with Gasteiger partial charge in [0, 0.05) is 56.9 Å². The van der Waals surface area contributed by atoms with Crippen LogP contribution in [0.2, 0.25) is 0 Å². The number of ether oxygens (including phenoxy) is 18. The average molecular weight is 1540 g/mol. The second kappa shape index (κ2) is 33.1. The Morgan fingerprint density at radius 2 is 0.821 bits per heavy atom. The lowest BCUT2D eigenvalue weighted by atomic mass is 9.95. The minimum Gasteiger partial charge on any atom is -0.479 e. The maximum atomic E-state index is 13.3. The number of fused-ring (bicyclic) bond motifs is 1. The van der Waals surface area contributed by atoms with Crippen LogP contribution in [-0.4, -0.2) is 328 Å². The third kappa shape index (κ3) is 21.1. The molecule has 6 aliphatic rings. The molecule has 5 saturated heterocycles. The normalized spacial score (nSPS) is 39.4. The van der Waals surface area contributed by atoms with Gasteiger partial charge < -0.3 is 90.4 Å². The molecule has 0 aromatic rings. The molecule has 8 N–H and O–H groups in total. The zero-order valence-corrected chi connectivity index (χ0v) is 55.0. The molecule has 0 aromatic carbocycles. The zero-order chi connectivity index (χ0) is 71.3. The van der Waals surface area contributed by atoms with Gasteiger partial charge >= 0.3 is 79.7 Å². The highest BCUT2D eigenvalue weighted by Crippen LogP contribution is 2.63. The number of carboxylic acid groups (broad SMARTS) is 1. The van der Waals surface area contributed by atoms with E-state index in [0.29, 0.717) is 0 Å². The fraction of sp³-hybridized carbons (Fsp3) is 0.949. The summed E-state index contributed by atoms with van der Waals surface area (Å²) in [5.41, 5.74) is 0. The predicted molar refractivity (Wildman–Crippen MR) is 281 cm³/mol. The van der Waals surface area contributed by atoms with Crippen LogP contribution in [0.3, 0.4) is 0 Å². The van der Waals surface area contributed by atoms with Gasteiger partial charge in [0.15, 0.2) is 55.5 Å². The Bertz CT molecular complexity index is 3290. The number of rotatable bonds is 37. The van der Waals surface area contributed by atoms with Crippen molar-refractivity contribution in [2.24, 2.45) is 11.8 Å². The van der Waals surface area contributed by atoms with Gasteiger partial charge in [0.2, 0.25) is 6.29 Å². The van der Waals surface area contributed by atoms with Crippen molar-refractivity contribution in [3.05, 3.63) is 0 Å². The molecule has 95 heavy (non-hydrogen) atoms. The van der Waals surface area contributed by atoms with Crippen molar-refractivity contribution < 1.29 is 221 Å². The Kier molecular flexibility index (Phi) is 28.4. The number of carboxylic acids is 1. The smallest absolute Gasteiger partial charge is 0.397 e. The second-order valence-electron chi connectivity index (χ2n) is 19.8. The van der Waals surface area contributed by atoms with E-state index < -0.39 is 259 Å². The SMILES string of the molecule is COC1C(OC)[C@H](OC)C(COS(=O)(=O)O)O[C@@H]1O[C@@H]1C(C(=O)O)O[C@@H](O[C@@H]2C(COOS(=O)O)O[C@@H](OC3(OC)[C@@H]4C(OC=O)O[C@@H](O[C@@H]5C(COS(=O)(=O)O)O[C@H](OC)C(OS(=O)(=O)O)C5OS(=O)(=O)O)C(OC)[C@H]43)C(OS(=O)(=O)O)[C@H]2OS(=O)(=O)O)C(OC)C1OC. The summed E-state index contributed by atoms with van der Waals surface area (Å²) in [6.45, 7) is -4.20. The molecule has 56 heteroatoms. The molecular weight excluding hydrogens is 1480 g/mol. The van der Waals surface area contributed by atoms with Crippen molar-refractivity contribution in [2.75, 3.05) is 76.7 Å². The lowest BCUT2D eigenvalue weighted by Gasteiger charge is -2.50. The van der Waals surface area contributed by atoms with Gasteiger partial charge in [0.25, 0.3) is 6.47 Å². The van der Waals surface area contributed by atoms with E-state index in [0.717, 1.165) is 56.9 Å². The van der Waals surface area contributed by atoms with E-state index >= 15 is 0 Å². The predicted octanol–water partition coefficient (Wildman–Crippen LogP) is -7.20. The number of carbonyl (C=O) groups excluding carboxylic acids is 1. The van der Waals surface area contributed by atoms with Gasteiger partial charge in [0.1, 0.15) is 92.1 Å². The molecule has 1 saturated carbocycles. The summed E-state index contributed by atoms with van der Waals surface area (Å²) >= 11 is -3.37. The summed E-state index contributed by atoms with van der Waals surface area (Å²) in [6.07, 6.45) is -51.0. The van der Waals surface area contributed by atoms with Crippen LogP contribution in [0.25, 0.3) is 0 Å². The second-order valence-corrected chi connectivity index (χ2v) is 26.7. The molecule has 0 aromatic heterocycles. The van der Waals surface area contributed by atoms with Crippen molar-refractivity contribution >= 4 is 86.2 Å². The summed E-state index contributed by atoms with van der Waals surface area (Å²) in [6, 6.07) is 0. The van der Waals surface area contributed by atoms with Gasteiger partial charge in [-0.25, -0.2) is 34.8 Å². The molecule has 27 atom stereocenters. The van der Waals surface area contributed by atoms with E-state index in [1.54, 1.807) is 0 Å². The summed E-state index contributed by atoms with van der Waals surface area (Å²) in [7, 11) is -26.9. The summed E-state index contributed by atoms with van der Waals surface area (Å²) in [5, 5.41) is 10.7. The Morgan fingerprint density at radius 3 is 1.23 bits per heavy atom. The largest absolute Gasteiger partial charge is 0.479 e.